The molecular formula is C20H25N3O4. The molecule has 0 atom stereocenters. The summed E-state index contributed by atoms with van der Waals surface area (Å²) in [6.07, 6.45) is 3.82. The van der Waals surface area contributed by atoms with Gasteiger partial charge in [-0.2, -0.15) is 0 Å². The first kappa shape index (κ1) is 19.1. The lowest BCUT2D eigenvalue weighted by atomic mass is 10.1. The lowest BCUT2D eigenvalue weighted by molar-refractivity contribution is 0.264. The average Bonchev–Trinajstić information content (AvgIpc) is 3.28. The van der Waals surface area contributed by atoms with Crippen molar-refractivity contribution in [2.45, 2.75) is 53.1 Å². The summed E-state index contributed by atoms with van der Waals surface area (Å²) in [5, 5.41) is 20.7. The number of hydrogen-bond donors (Lipinski definition) is 1. The Morgan fingerprint density at radius 2 is 1.78 bits per heavy atom. The van der Waals surface area contributed by atoms with Gasteiger partial charge in [-0.1, -0.05) is 5.16 Å². The first-order chi connectivity index (χ1) is 13.1. The molecule has 3 aromatic rings. The second-order valence-corrected chi connectivity index (χ2v) is 6.67. The Morgan fingerprint density at radius 3 is 2.41 bits per heavy atom. The fraction of sp³-hybridized carbons (Fsp3) is 0.450. The molecule has 0 amide bonds. The van der Waals surface area contributed by atoms with E-state index in [2.05, 4.69) is 15.4 Å². The van der Waals surface area contributed by atoms with E-state index in [0.29, 0.717) is 24.1 Å². The molecule has 0 bridgehead atoms. The van der Waals surface area contributed by atoms with Crippen molar-refractivity contribution >= 4 is 0 Å². The van der Waals surface area contributed by atoms with Crippen molar-refractivity contribution in [1.29, 1.82) is 0 Å². The lowest BCUT2D eigenvalue weighted by Gasteiger charge is -2.13. The molecule has 7 nitrogen and oxygen atoms in total. The number of nitrogens with zero attached hydrogens (tertiary/aromatic N) is 3. The van der Waals surface area contributed by atoms with E-state index in [1.807, 2.05) is 26.0 Å². The van der Waals surface area contributed by atoms with Crippen molar-refractivity contribution in [3.05, 3.63) is 46.7 Å². The Hall–Kier alpha value is -2.67. The highest BCUT2D eigenvalue weighted by molar-refractivity contribution is 5.59. The number of benzene rings is 1. The molecule has 0 radical (unpaired) electrons. The maximum atomic E-state index is 8.98. The topological polar surface area (TPSA) is 94.4 Å². The Kier molecular flexibility index (Phi) is 6.24. The second kappa shape index (κ2) is 8.81. The normalized spacial score (nSPS) is 11.1. The quantitative estimate of drug-likeness (QED) is 0.569. The van der Waals surface area contributed by atoms with Gasteiger partial charge in [0.15, 0.2) is 0 Å². The molecule has 0 aliphatic heterocycles. The largest absolute Gasteiger partial charge is 0.493 e. The SMILES string of the molecule is Cc1nnc(-c2cc(C)c(OCCCCCc3cc(CO)no3)c(C)c2)o1. The summed E-state index contributed by atoms with van der Waals surface area (Å²) >= 11 is 0. The van der Waals surface area contributed by atoms with Crippen LogP contribution < -0.4 is 4.74 Å². The first-order valence-electron chi connectivity index (χ1n) is 9.16. The van der Waals surface area contributed by atoms with Gasteiger partial charge in [-0.3, -0.25) is 0 Å². The summed E-state index contributed by atoms with van der Waals surface area (Å²) in [5.74, 6) is 2.82. The van der Waals surface area contributed by atoms with Crippen molar-refractivity contribution in [2.24, 2.45) is 0 Å². The van der Waals surface area contributed by atoms with Crippen molar-refractivity contribution in [2.75, 3.05) is 6.61 Å². The standard InChI is InChI=1S/C20H25N3O4/c1-13-9-16(20-22-21-15(3)26-20)10-14(2)19(13)25-8-6-4-5-7-18-11-17(12-24)23-27-18/h9-11,24H,4-8,12H2,1-3H3. The van der Waals surface area contributed by atoms with Gasteiger partial charge in [-0.05, 0) is 56.4 Å². The highest BCUT2D eigenvalue weighted by atomic mass is 16.5. The highest BCUT2D eigenvalue weighted by Gasteiger charge is 2.12. The number of ether oxygens (including phenoxy) is 1. The van der Waals surface area contributed by atoms with Gasteiger partial charge in [-0.25, -0.2) is 0 Å². The van der Waals surface area contributed by atoms with Gasteiger partial charge >= 0.3 is 0 Å². The molecule has 0 unspecified atom stereocenters. The van der Waals surface area contributed by atoms with Crippen LogP contribution >= 0.6 is 0 Å². The molecule has 0 aliphatic carbocycles. The predicted molar refractivity (Wildman–Crippen MR) is 99.4 cm³/mol. The molecule has 0 spiro atoms. The second-order valence-electron chi connectivity index (χ2n) is 6.67. The lowest BCUT2D eigenvalue weighted by Crippen LogP contribution is -2.01. The minimum Gasteiger partial charge on any atom is -0.493 e. The van der Waals surface area contributed by atoms with E-state index < -0.39 is 0 Å². The summed E-state index contributed by atoms with van der Waals surface area (Å²) in [7, 11) is 0. The van der Waals surface area contributed by atoms with Crippen LogP contribution in [0, 0.1) is 20.8 Å². The Labute approximate surface area is 158 Å². The Balaban J connectivity index is 1.46. The van der Waals surface area contributed by atoms with Crippen LogP contribution in [0.15, 0.2) is 27.1 Å². The molecule has 0 fully saturated rings. The van der Waals surface area contributed by atoms with Crippen molar-refractivity contribution in [1.82, 2.24) is 15.4 Å². The summed E-state index contributed by atoms with van der Waals surface area (Å²) in [6, 6.07) is 5.82. The number of aryl methyl sites for hydroxylation is 4. The smallest absolute Gasteiger partial charge is 0.247 e. The average molecular weight is 371 g/mol. The fourth-order valence-electron chi connectivity index (χ4n) is 3.02. The molecule has 2 heterocycles. The van der Waals surface area contributed by atoms with Crippen LogP contribution in [0.5, 0.6) is 5.75 Å². The van der Waals surface area contributed by atoms with E-state index in [9.17, 15) is 0 Å². The zero-order valence-corrected chi connectivity index (χ0v) is 16.0. The van der Waals surface area contributed by atoms with Gasteiger partial charge in [0.1, 0.15) is 17.2 Å². The molecular weight excluding hydrogens is 346 g/mol. The van der Waals surface area contributed by atoms with Crippen LogP contribution in [0.4, 0.5) is 0 Å². The summed E-state index contributed by atoms with van der Waals surface area (Å²) < 4.78 is 16.7. The molecule has 1 N–H and O–H groups in total. The van der Waals surface area contributed by atoms with Crippen molar-refractivity contribution < 1.29 is 18.8 Å². The molecule has 27 heavy (non-hydrogen) atoms. The first-order valence-corrected chi connectivity index (χ1v) is 9.16. The number of aliphatic hydroxyl groups is 1. The minimum absolute atomic E-state index is 0.0824. The number of rotatable bonds is 9. The van der Waals surface area contributed by atoms with E-state index in [0.717, 1.165) is 53.9 Å². The van der Waals surface area contributed by atoms with Crippen LogP contribution in [0.25, 0.3) is 11.5 Å². The predicted octanol–water partition coefficient (Wildman–Crippen LogP) is 3.93. The van der Waals surface area contributed by atoms with Gasteiger partial charge in [0.2, 0.25) is 11.8 Å². The van der Waals surface area contributed by atoms with Crippen molar-refractivity contribution in [3.8, 4) is 17.2 Å². The fourth-order valence-corrected chi connectivity index (χ4v) is 3.02. The zero-order chi connectivity index (χ0) is 19.2. The number of hydrogen-bond acceptors (Lipinski definition) is 7. The van der Waals surface area contributed by atoms with Crippen LogP contribution in [0.1, 0.15) is 47.7 Å². The molecule has 0 saturated heterocycles. The van der Waals surface area contributed by atoms with Crippen LogP contribution in [0.3, 0.4) is 0 Å². The van der Waals surface area contributed by atoms with E-state index in [4.69, 9.17) is 18.8 Å². The number of aliphatic hydroxyl groups excluding tert-OH is 1. The van der Waals surface area contributed by atoms with E-state index in [1.54, 1.807) is 13.0 Å². The summed E-state index contributed by atoms with van der Waals surface area (Å²) in [5.41, 5.74) is 3.60. The zero-order valence-electron chi connectivity index (χ0n) is 16.0. The molecule has 0 aliphatic rings. The molecule has 7 heteroatoms. The monoisotopic (exact) mass is 371 g/mol. The number of aromatic nitrogens is 3. The molecule has 144 valence electrons. The van der Waals surface area contributed by atoms with E-state index >= 15 is 0 Å². The van der Waals surface area contributed by atoms with E-state index in [1.165, 1.54) is 0 Å². The number of unbranched alkanes of at least 4 members (excludes halogenated alkanes) is 2. The Bertz CT molecular complexity index is 862. The minimum atomic E-state index is -0.0824. The van der Waals surface area contributed by atoms with E-state index in [-0.39, 0.29) is 6.61 Å². The molecule has 2 aromatic heterocycles. The summed E-state index contributed by atoms with van der Waals surface area (Å²) in [4.78, 5) is 0. The molecule has 3 rings (SSSR count). The van der Waals surface area contributed by atoms with Gasteiger partial charge in [0.05, 0.1) is 13.2 Å². The van der Waals surface area contributed by atoms with Crippen LogP contribution in [-0.2, 0) is 13.0 Å². The van der Waals surface area contributed by atoms with Gasteiger partial charge in [0.25, 0.3) is 0 Å². The molecule has 1 aromatic carbocycles. The van der Waals surface area contributed by atoms with Gasteiger partial charge in [-0.15, -0.1) is 10.2 Å². The third-order valence-corrected chi connectivity index (χ3v) is 4.32. The maximum absolute atomic E-state index is 8.98. The van der Waals surface area contributed by atoms with Crippen molar-refractivity contribution in [3.63, 3.8) is 0 Å². The van der Waals surface area contributed by atoms with Crippen LogP contribution in [-0.4, -0.2) is 27.1 Å². The third kappa shape index (κ3) is 4.95. The summed E-state index contributed by atoms with van der Waals surface area (Å²) in [6.45, 7) is 6.41. The van der Waals surface area contributed by atoms with Gasteiger partial charge < -0.3 is 18.8 Å². The Morgan fingerprint density at radius 1 is 1.00 bits per heavy atom. The van der Waals surface area contributed by atoms with Crippen LogP contribution in [0.2, 0.25) is 0 Å². The molecule has 0 saturated carbocycles. The highest BCUT2D eigenvalue weighted by Crippen LogP contribution is 2.29. The third-order valence-electron chi connectivity index (χ3n) is 4.32. The van der Waals surface area contributed by atoms with Gasteiger partial charge in [0, 0.05) is 25.0 Å². The maximum Gasteiger partial charge on any atom is 0.247 e.